The number of thioether (sulfide) groups is 2. The number of hydrogen-bond acceptors (Lipinski definition) is 8. The predicted molar refractivity (Wildman–Crippen MR) is 79.4 cm³/mol. The second kappa shape index (κ2) is 6.20. The van der Waals surface area contributed by atoms with Gasteiger partial charge in [0.25, 0.3) is 5.91 Å². The highest BCUT2D eigenvalue weighted by Crippen LogP contribution is 2.42. The number of carboxylic acid groups (broad SMARTS) is 1. The molecule has 0 saturated carbocycles. The number of aromatic nitrogens is 2. The summed E-state index contributed by atoms with van der Waals surface area (Å²) in [5.41, 5.74) is 0.167. The minimum Gasteiger partial charge on any atom is -0.477 e. The van der Waals surface area contributed by atoms with E-state index in [-0.39, 0.29) is 21.5 Å². The minimum atomic E-state index is -4.57. The number of alkyl halides is 3. The summed E-state index contributed by atoms with van der Waals surface area (Å²) >= 11 is 2.50. The lowest BCUT2D eigenvalue weighted by molar-refractivity contribution is -0.159. The summed E-state index contributed by atoms with van der Waals surface area (Å²) in [5, 5.41) is 23.6. The highest BCUT2D eigenvalue weighted by molar-refractivity contribution is 8.01. The van der Waals surface area contributed by atoms with Gasteiger partial charge in [-0.1, -0.05) is 23.1 Å². The van der Waals surface area contributed by atoms with Gasteiger partial charge < -0.3 is 10.2 Å². The number of carboxylic acids is 1. The van der Waals surface area contributed by atoms with Crippen molar-refractivity contribution < 1.29 is 33.0 Å². The number of rotatable bonds is 4. The first-order valence-electron chi connectivity index (χ1n) is 6.31. The van der Waals surface area contributed by atoms with Crippen molar-refractivity contribution in [3.05, 3.63) is 16.3 Å². The minimum absolute atomic E-state index is 0.0571. The van der Waals surface area contributed by atoms with E-state index in [1.807, 2.05) is 0 Å². The maximum absolute atomic E-state index is 12.5. The van der Waals surface area contributed by atoms with E-state index in [0.29, 0.717) is 16.9 Å². The zero-order valence-corrected chi connectivity index (χ0v) is 13.9. The smallest absolute Gasteiger partial charge is 0.445 e. The van der Waals surface area contributed by atoms with Crippen LogP contribution in [0, 0.1) is 0 Å². The summed E-state index contributed by atoms with van der Waals surface area (Å²) in [4.78, 5) is 24.1. The fourth-order valence-electron chi connectivity index (χ4n) is 2.17. The second-order valence-electron chi connectivity index (χ2n) is 4.77. The number of amides is 1. The monoisotopic (exact) mass is 399 g/mol. The number of aliphatic hydroxyl groups excluding tert-OH is 1. The van der Waals surface area contributed by atoms with Crippen LogP contribution in [0.2, 0.25) is 0 Å². The van der Waals surface area contributed by atoms with Crippen molar-refractivity contribution in [2.45, 2.75) is 22.0 Å². The molecule has 2 atom stereocenters. The van der Waals surface area contributed by atoms with Crippen LogP contribution in [0.25, 0.3) is 0 Å². The molecule has 0 aliphatic carbocycles. The zero-order chi connectivity index (χ0) is 17.6. The van der Waals surface area contributed by atoms with Gasteiger partial charge in [0.2, 0.25) is 5.01 Å². The van der Waals surface area contributed by atoms with E-state index in [4.69, 9.17) is 0 Å². The van der Waals surface area contributed by atoms with E-state index < -0.39 is 34.5 Å². The van der Waals surface area contributed by atoms with E-state index in [0.717, 1.165) is 16.7 Å². The maximum atomic E-state index is 12.5. The normalized spacial score (nSPS) is 24.0. The average molecular weight is 399 g/mol. The van der Waals surface area contributed by atoms with Crippen LogP contribution in [0.3, 0.4) is 0 Å². The molecule has 1 fully saturated rings. The number of hydrogen-bond donors (Lipinski definition) is 2. The number of halogens is 3. The van der Waals surface area contributed by atoms with Crippen molar-refractivity contribution in [1.82, 2.24) is 15.1 Å². The number of fused-ring (bicyclic) bond motifs is 1. The molecule has 24 heavy (non-hydrogen) atoms. The topological polar surface area (TPSA) is 104 Å². The number of aliphatic carboxylic acids is 1. The quantitative estimate of drug-likeness (QED) is 0.576. The Morgan fingerprint density at radius 1 is 1.42 bits per heavy atom. The van der Waals surface area contributed by atoms with Gasteiger partial charge in [0.05, 0.1) is 0 Å². The molecule has 13 heteroatoms. The van der Waals surface area contributed by atoms with Gasteiger partial charge in [-0.05, 0) is 5.57 Å². The Morgan fingerprint density at radius 2 is 2.12 bits per heavy atom. The van der Waals surface area contributed by atoms with Gasteiger partial charge in [0.15, 0.2) is 10.4 Å². The molecule has 1 saturated heterocycles. The molecule has 1 aromatic rings. The summed E-state index contributed by atoms with van der Waals surface area (Å²) in [5.74, 6) is -1.69. The largest absolute Gasteiger partial charge is 0.477 e. The number of carbonyl (C=O) groups is 2. The molecule has 0 aromatic carbocycles. The van der Waals surface area contributed by atoms with Crippen LogP contribution in [-0.4, -0.2) is 60.2 Å². The van der Waals surface area contributed by atoms with E-state index in [1.165, 1.54) is 11.8 Å². The number of β-lactam (4-membered cyclic amide) rings is 1. The van der Waals surface area contributed by atoms with E-state index in [2.05, 4.69) is 10.2 Å². The molecule has 1 aromatic heterocycles. The zero-order valence-electron chi connectivity index (χ0n) is 11.5. The molecule has 0 spiro atoms. The molecule has 0 bridgehead atoms. The van der Waals surface area contributed by atoms with Crippen molar-refractivity contribution in [2.24, 2.45) is 0 Å². The predicted octanol–water partition coefficient (Wildman–Crippen LogP) is 1.26. The molecule has 3 rings (SSSR count). The molecular weight excluding hydrogens is 391 g/mol. The molecule has 0 radical (unpaired) electrons. The van der Waals surface area contributed by atoms with Crippen molar-refractivity contribution in [3.63, 3.8) is 0 Å². The van der Waals surface area contributed by atoms with Crippen LogP contribution in [0.4, 0.5) is 13.2 Å². The molecule has 2 N–H and O–H groups in total. The lowest BCUT2D eigenvalue weighted by atomic mass is 10.1. The fourth-order valence-corrected chi connectivity index (χ4v) is 5.30. The second-order valence-corrected chi connectivity index (χ2v) is 8.08. The molecule has 130 valence electrons. The summed E-state index contributed by atoms with van der Waals surface area (Å²) in [7, 11) is 0. The van der Waals surface area contributed by atoms with E-state index in [1.54, 1.807) is 0 Å². The van der Waals surface area contributed by atoms with Gasteiger partial charge in [-0.3, -0.25) is 9.69 Å². The first-order valence-corrected chi connectivity index (χ1v) is 9.17. The third-order valence-electron chi connectivity index (χ3n) is 3.24. The molecular formula is C11H8F3N3O4S3. The first kappa shape index (κ1) is 17.5. The molecule has 1 amide bonds. The maximum Gasteiger partial charge on any atom is 0.445 e. The van der Waals surface area contributed by atoms with Gasteiger partial charge >= 0.3 is 12.1 Å². The summed E-state index contributed by atoms with van der Waals surface area (Å²) in [6, 6.07) is 0. The first-order chi connectivity index (χ1) is 11.2. The number of carbonyl (C=O) groups excluding carboxylic acids is 1. The van der Waals surface area contributed by atoms with Crippen molar-refractivity contribution >= 4 is 46.7 Å². The molecule has 2 aliphatic heterocycles. The number of aliphatic hydroxyl groups is 1. The Kier molecular flexibility index (Phi) is 4.53. The lowest BCUT2D eigenvalue weighted by Crippen LogP contribution is -2.64. The Labute approximate surface area is 144 Å². The van der Waals surface area contributed by atoms with Crippen LogP contribution in [0.5, 0.6) is 0 Å². The Balaban J connectivity index is 1.77. The van der Waals surface area contributed by atoms with Gasteiger partial charge in [-0.25, -0.2) is 4.79 Å². The van der Waals surface area contributed by atoms with Crippen LogP contribution in [0.1, 0.15) is 5.01 Å². The number of nitrogens with zero attached hydrogens (tertiary/aromatic N) is 3. The summed E-state index contributed by atoms with van der Waals surface area (Å²) in [6.07, 6.45) is -5.80. The van der Waals surface area contributed by atoms with E-state index >= 15 is 0 Å². The Bertz CT molecular complexity index is 736. The van der Waals surface area contributed by atoms with Gasteiger partial charge in [-0.2, -0.15) is 13.2 Å². The highest BCUT2D eigenvalue weighted by Gasteiger charge is 2.52. The third-order valence-corrected chi connectivity index (χ3v) is 6.75. The lowest BCUT2D eigenvalue weighted by Gasteiger charge is -2.47. The van der Waals surface area contributed by atoms with Crippen LogP contribution in [0.15, 0.2) is 15.6 Å². The van der Waals surface area contributed by atoms with Crippen LogP contribution >= 0.6 is 34.9 Å². The molecule has 3 heterocycles. The van der Waals surface area contributed by atoms with Gasteiger partial charge in [0.1, 0.15) is 11.1 Å². The Morgan fingerprint density at radius 3 is 2.71 bits per heavy atom. The third kappa shape index (κ3) is 3.00. The molecule has 2 aliphatic rings. The standard InChI is InChI=1S/C11H8F3N3O4S3/c12-11(13,14)9-15-16-10(24-9)23-2-3-1-22-7-5(18)6(19)17(7)4(3)8(20)21/h5,7,18H,1-2H2,(H,20,21)/t5-,7+/m1/s1. The van der Waals surface area contributed by atoms with Gasteiger partial charge in [0, 0.05) is 11.5 Å². The SMILES string of the molecule is O=C(O)C1=C(CSc2nnc(C(F)(F)F)s2)CS[C@H]2[C@H](O)C(=O)N12. The van der Waals surface area contributed by atoms with Crippen LogP contribution in [-0.2, 0) is 15.8 Å². The van der Waals surface area contributed by atoms with Crippen molar-refractivity contribution in [3.8, 4) is 0 Å². The Hall–Kier alpha value is -1.31. The van der Waals surface area contributed by atoms with Crippen molar-refractivity contribution in [2.75, 3.05) is 11.5 Å². The van der Waals surface area contributed by atoms with E-state index in [9.17, 15) is 33.0 Å². The molecule has 0 unspecified atom stereocenters. The van der Waals surface area contributed by atoms with Gasteiger partial charge in [-0.15, -0.1) is 22.0 Å². The summed E-state index contributed by atoms with van der Waals surface area (Å²) < 4.78 is 37.5. The molecule has 7 nitrogen and oxygen atoms in total. The average Bonchev–Trinajstić information content (AvgIpc) is 3.00. The fraction of sp³-hybridized carbons (Fsp3) is 0.455. The highest BCUT2D eigenvalue weighted by atomic mass is 32.2. The van der Waals surface area contributed by atoms with Crippen molar-refractivity contribution in [1.29, 1.82) is 0 Å². The summed E-state index contributed by atoms with van der Waals surface area (Å²) in [6.45, 7) is 0. The van der Waals surface area contributed by atoms with Crippen LogP contribution < -0.4 is 0 Å².